The number of carbonyl (C=O) groups excluding carboxylic acids is 1. The largest absolute Gasteiger partial charge is 0.497 e. The third-order valence-electron chi connectivity index (χ3n) is 0.319. The van der Waals surface area contributed by atoms with Gasteiger partial charge in [-0.15, -0.1) is 4.52 Å². The van der Waals surface area contributed by atoms with Gasteiger partial charge in [0.25, 0.3) is 0 Å². The molecule has 0 aromatic carbocycles. The molecule has 5 nitrogen and oxygen atoms in total. The summed E-state index contributed by atoms with van der Waals surface area (Å²) in [6.07, 6.45) is -0.941. The first kappa shape index (κ1) is 7.33. The average molecular weight is 138 g/mol. The molecule has 0 radical (unpaired) electrons. The van der Waals surface area contributed by atoms with Crippen molar-refractivity contribution in [1.82, 2.24) is 0 Å². The number of primary amides is 1. The number of hydrogen-bond donors (Lipinski definition) is 1. The lowest BCUT2D eigenvalue weighted by Gasteiger charge is -1.89. The van der Waals surface area contributed by atoms with Crippen LogP contribution in [0.3, 0.4) is 0 Å². The van der Waals surface area contributed by atoms with E-state index in [9.17, 15) is 9.36 Å². The van der Waals surface area contributed by atoms with E-state index in [1.54, 1.807) is 0 Å². The Hall–Kier alpha value is -0.670. The number of ether oxygens (including phenoxy) is 1. The van der Waals surface area contributed by atoms with E-state index in [2.05, 4.69) is 15.0 Å². The zero-order valence-electron chi connectivity index (χ0n) is 3.92. The van der Waals surface area contributed by atoms with Crippen molar-refractivity contribution in [2.75, 3.05) is 6.79 Å². The maximum atomic E-state index is 9.70. The number of rotatable bonds is 3. The van der Waals surface area contributed by atoms with Gasteiger partial charge >= 0.3 is 14.8 Å². The molecule has 0 aliphatic heterocycles. The zero-order valence-corrected chi connectivity index (χ0v) is 4.92. The third-order valence-corrected chi connectivity index (χ3v) is 0.555. The van der Waals surface area contributed by atoms with E-state index in [1.165, 1.54) is 0 Å². The molecule has 0 aromatic heterocycles. The minimum absolute atomic E-state index is 0.350. The van der Waals surface area contributed by atoms with Crippen molar-refractivity contribution in [3.05, 3.63) is 0 Å². The quantitative estimate of drug-likeness (QED) is 0.338. The van der Waals surface area contributed by atoms with Crippen LogP contribution in [-0.4, -0.2) is 12.9 Å². The molecule has 6 heteroatoms. The molecule has 0 heterocycles. The summed E-state index contributed by atoms with van der Waals surface area (Å²) in [4.78, 5) is 9.70. The summed E-state index contributed by atoms with van der Waals surface area (Å²) in [5.74, 6) is 0. The topological polar surface area (TPSA) is 78.6 Å². The fraction of sp³-hybridized carbons (Fsp3) is 0.500. The zero-order chi connectivity index (χ0) is 6.41. The second-order valence-electron chi connectivity index (χ2n) is 0.809. The SMILES string of the molecule is NC(=O)OCO[PH+]=O. The average Bonchev–Trinajstić information content (AvgIpc) is 1.66. The van der Waals surface area contributed by atoms with Gasteiger partial charge in [0.05, 0.1) is 0 Å². The lowest BCUT2D eigenvalue weighted by atomic mass is 11.2. The molecule has 1 unspecified atom stereocenters. The number of nitrogens with two attached hydrogens (primary N) is 1. The second kappa shape index (κ2) is 4.49. The van der Waals surface area contributed by atoms with Gasteiger partial charge in [0.15, 0.2) is 0 Å². The van der Waals surface area contributed by atoms with Crippen LogP contribution in [0.5, 0.6) is 0 Å². The van der Waals surface area contributed by atoms with E-state index in [-0.39, 0.29) is 6.79 Å². The smallest absolute Gasteiger partial charge is 0.418 e. The van der Waals surface area contributed by atoms with Gasteiger partial charge in [-0.2, -0.15) is 0 Å². The van der Waals surface area contributed by atoms with Crippen LogP contribution >= 0.6 is 8.69 Å². The molecule has 0 aliphatic rings. The van der Waals surface area contributed by atoms with Crippen molar-refractivity contribution in [2.24, 2.45) is 5.73 Å². The summed E-state index contributed by atoms with van der Waals surface area (Å²) in [6.45, 7) is -0.350. The minimum Gasteiger partial charge on any atom is -0.418 e. The molecule has 2 N–H and O–H groups in total. The molecular weight excluding hydrogens is 133 g/mol. The van der Waals surface area contributed by atoms with Gasteiger partial charge in [0, 0.05) is 0 Å². The Balaban J connectivity index is 2.93. The van der Waals surface area contributed by atoms with Gasteiger partial charge in [-0.05, 0) is 4.57 Å². The van der Waals surface area contributed by atoms with Crippen LogP contribution in [0.4, 0.5) is 4.79 Å². The predicted octanol–water partition coefficient (Wildman–Crippen LogP) is -0.00520. The van der Waals surface area contributed by atoms with Crippen molar-refractivity contribution in [3.63, 3.8) is 0 Å². The van der Waals surface area contributed by atoms with Crippen LogP contribution in [0.25, 0.3) is 0 Å². The van der Waals surface area contributed by atoms with E-state index in [4.69, 9.17) is 0 Å². The third kappa shape index (κ3) is 5.33. The lowest BCUT2D eigenvalue weighted by Crippen LogP contribution is -2.13. The van der Waals surface area contributed by atoms with Gasteiger partial charge < -0.3 is 10.5 Å². The van der Waals surface area contributed by atoms with Crippen LogP contribution < -0.4 is 5.73 Å². The van der Waals surface area contributed by atoms with Crippen LogP contribution in [0.1, 0.15) is 0 Å². The van der Waals surface area contributed by atoms with Gasteiger partial charge in [0.2, 0.25) is 6.79 Å². The summed E-state index contributed by atoms with van der Waals surface area (Å²) in [7, 11) is -0.925. The number of hydrogen-bond acceptors (Lipinski definition) is 4. The van der Waals surface area contributed by atoms with E-state index in [1.807, 2.05) is 0 Å². The normalized spacial score (nSPS) is 9.00. The van der Waals surface area contributed by atoms with Crippen molar-refractivity contribution in [1.29, 1.82) is 0 Å². The monoisotopic (exact) mass is 138 g/mol. The first-order valence-corrected chi connectivity index (χ1v) is 2.50. The molecule has 0 fully saturated rings. The summed E-state index contributed by atoms with van der Waals surface area (Å²) in [5, 5.41) is 0. The Morgan fingerprint density at radius 1 is 1.75 bits per heavy atom. The van der Waals surface area contributed by atoms with Crippen LogP contribution in [0.15, 0.2) is 0 Å². The molecule has 0 rings (SSSR count). The Bertz CT molecular complexity index is 94.0. The van der Waals surface area contributed by atoms with E-state index >= 15 is 0 Å². The molecule has 1 amide bonds. The first-order valence-electron chi connectivity index (χ1n) is 1.68. The molecule has 0 aromatic rings. The van der Waals surface area contributed by atoms with Gasteiger partial charge in [-0.1, -0.05) is 0 Å². The van der Waals surface area contributed by atoms with Crippen LogP contribution in [-0.2, 0) is 13.8 Å². The maximum Gasteiger partial charge on any atom is 0.497 e. The fourth-order valence-corrected chi connectivity index (χ4v) is 0.219. The molecule has 0 saturated heterocycles. The Morgan fingerprint density at radius 3 is 2.75 bits per heavy atom. The Morgan fingerprint density at radius 2 is 2.38 bits per heavy atom. The lowest BCUT2D eigenvalue weighted by molar-refractivity contribution is 0.0741. The highest BCUT2D eigenvalue weighted by Crippen LogP contribution is 1.92. The molecule has 0 spiro atoms. The fourth-order valence-electron chi connectivity index (χ4n) is 0.112. The molecule has 8 heavy (non-hydrogen) atoms. The minimum atomic E-state index is -0.941. The van der Waals surface area contributed by atoms with Gasteiger partial charge in [-0.3, -0.25) is 0 Å². The molecule has 46 valence electrons. The van der Waals surface area contributed by atoms with Crippen molar-refractivity contribution >= 4 is 14.8 Å². The van der Waals surface area contributed by atoms with E-state index < -0.39 is 14.8 Å². The highest BCUT2D eigenvalue weighted by Gasteiger charge is 1.94. The number of carbonyl (C=O) groups is 1. The highest BCUT2D eigenvalue weighted by molar-refractivity contribution is 7.17. The standard InChI is InChI=1S/C2H4NO4P/c3-2(4)6-1-7-8-5/h8H,1H2,(H-,3,4)/p+1. The van der Waals surface area contributed by atoms with Crippen molar-refractivity contribution in [3.8, 4) is 0 Å². The summed E-state index contributed by atoms with van der Waals surface area (Å²) < 4.78 is 17.6. The van der Waals surface area contributed by atoms with Crippen LogP contribution in [0, 0.1) is 0 Å². The second-order valence-corrected chi connectivity index (χ2v) is 1.26. The Kier molecular flexibility index (Phi) is 4.11. The summed E-state index contributed by atoms with van der Waals surface area (Å²) in [5.41, 5.74) is 4.49. The summed E-state index contributed by atoms with van der Waals surface area (Å²) in [6, 6.07) is 0. The van der Waals surface area contributed by atoms with Crippen molar-refractivity contribution < 1.29 is 18.6 Å². The first-order chi connectivity index (χ1) is 3.77. The maximum absolute atomic E-state index is 9.70. The molecule has 1 atom stereocenters. The number of amides is 1. The Labute approximate surface area is 47.0 Å². The van der Waals surface area contributed by atoms with Gasteiger partial charge in [0.1, 0.15) is 0 Å². The molecule has 0 aliphatic carbocycles. The summed E-state index contributed by atoms with van der Waals surface area (Å²) >= 11 is 0. The van der Waals surface area contributed by atoms with Crippen molar-refractivity contribution in [2.45, 2.75) is 0 Å². The highest BCUT2D eigenvalue weighted by atomic mass is 31.1. The van der Waals surface area contributed by atoms with E-state index in [0.29, 0.717) is 0 Å². The van der Waals surface area contributed by atoms with E-state index in [0.717, 1.165) is 0 Å². The molecule has 0 bridgehead atoms. The molecular formula is C2H5NO4P+. The molecule has 0 saturated carbocycles. The van der Waals surface area contributed by atoms with Gasteiger partial charge in [-0.25, -0.2) is 4.79 Å². The predicted molar refractivity (Wildman–Crippen MR) is 25.6 cm³/mol. The van der Waals surface area contributed by atoms with Crippen LogP contribution in [0.2, 0.25) is 0 Å².